The van der Waals surface area contributed by atoms with Crippen LogP contribution in [0.5, 0.6) is 0 Å². The summed E-state index contributed by atoms with van der Waals surface area (Å²) in [5, 5.41) is 0. The van der Waals surface area contributed by atoms with Gasteiger partial charge in [-0.3, -0.25) is 14.5 Å². The summed E-state index contributed by atoms with van der Waals surface area (Å²) in [7, 11) is 4.78. The predicted molar refractivity (Wildman–Crippen MR) is 61.8 cm³/mol. The number of carbonyl (C=O) groups excluding carboxylic acids is 2. The molecule has 0 radical (unpaired) electrons. The molecule has 2 aliphatic rings. The molecule has 0 saturated carbocycles. The van der Waals surface area contributed by atoms with E-state index in [-0.39, 0.29) is 30.8 Å². The van der Waals surface area contributed by atoms with Crippen LogP contribution in [0.3, 0.4) is 0 Å². The Bertz CT molecular complexity index is 345. The lowest BCUT2D eigenvalue weighted by molar-refractivity contribution is -0.158. The molecule has 0 aromatic heterocycles. The largest absolute Gasteiger partial charge is 0.468 e. The van der Waals surface area contributed by atoms with E-state index in [1.807, 2.05) is 7.05 Å². The Balaban J connectivity index is 2.19. The molecule has 2 bridgehead atoms. The minimum atomic E-state index is -0.736. The number of ketones is 1. The fourth-order valence-electron chi connectivity index (χ4n) is 3.03. The molecule has 0 aromatic rings. The van der Waals surface area contributed by atoms with Gasteiger partial charge in [-0.1, -0.05) is 0 Å². The molecule has 102 valence electrons. The van der Waals surface area contributed by atoms with Gasteiger partial charge >= 0.3 is 5.97 Å². The highest BCUT2D eigenvalue weighted by molar-refractivity contribution is 6.01. The van der Waals surface area contributed by atoms with Crippen LogP contribution in [0, 0.1) is 5.92 Å². The molecule has 2 unspecified atom stereocenters. The molecule has 2 rings (SSSR count). The monoisotopic (exact) mass is 257 g/mol. The van der Waals surface area contributed by atoms with Gasteiger partial charge in [0.25, 0.3) is 0 Å². The molecule has 0 spiro atoms. The van der Waals surface area contributed by atoms with Gasteiger partial charge in [0, 0.05) is 19.6 Å². The molecule has 0 aliphatic carbocycles. The number of nitrogens with zero attached hydrogens (tertiary/aromatic N) is 1. The maximum absolute atomic E-state index is 12.0. The Morgan fingerprint density at radius 3 is 2.78 bits per heavy atom. The zero-order chi connectivity index (χ0) is 13.3. The van der Waals surface area contributed by atoms with E-state index < -0.39 is 11.9 Å². The highest BCUT2D eigenvalue weighted by Gasteiger charge is 2.54. The van der Waals surface area contributed by atoms with Gasteiger partial charge < -0.3 is 14.2 Å². The number of methoxy groups -OCH3 is 2. The third-order valence-corrected chi connectivity index (χ3v) is 3.91. The molecule has 4 atom stereocenters. The number of esters is 1. The highest BCUT2D eigenvalue weighted by atomic mass is 16.7. The topological polar surface area (TPSA) is 65.1 Å². The molecule has 18 heavy (non-hydrogen) atoms. The van der Waals surface area contributed by atoms with Gasteiger partial charge in [-0.05, 0) is 13.5 Å². The van der Waals surface area contributed by atoms with Crippen molar-refractivity contribution in [3.8, 4) is 0 Å². The Morgan fingerprint density at radius 1 is 1.44 bits per heavy atom. The van der Waals surface area contributed by atoms with E-state index in [0.29, 0.717) is 6.42 Å². The van der Waals surface area contributed by atoms with Gasteiger partial charge in [-0.2, -0.15) is 0 Å². The van der Waals surface area contributed by atoms with E-state index in [1.54, 1.807) is 7.11 Å². The average molecular weight is 257 g/mol. The smallest absolute Gasteiger partial charge is 0.317 e. The van der Waals surface area contributed by atoms with Gasteiger partial charge in [0.1, 0.15) is 18.5 Å². The minimum absolute atomic E-state index is 0.0431. The Hall–Kier alpha value is -0.980. The predicted octanol–water partition coefficient (Wildman–Crippen LogP) is -0.190. The number of hydrogen-bond donors (Lipinski definition) is 0. The summed E-state index contributed by atoms with van der Waals surface area (Å²) in [6.07, 6.45) is 0.985. The molecule has 2 fully saturated rings. The van der Waals surface area contributed by atoms with E-state index in [2.05, 4.69) is 4.90 Å². The number of rotatable bonds is 4. The summed E-state index contributed by atoms with van der Waals surface area (Å²) in [5.74, 6) is -1.25. The van der Waals surface area contributed by atoms with Crippen LogP contribution in [0.2, 0.25) is 0 Å². The van der Waals surface area contributed by atoms with Gasteiger partial charge in [-0.25, -0.2) is 0 Å². The molecule has 0 aromatic carbocycles. The van der Waals surface area contributed by atoms with E-state index in [9.17, 15) is 9.59 Å². The molecule has 2 saturated heterocycles. The van der Waals surface area contributed by atoms with E-state index in [4.69, 9.17) is 14.2 Å². The Kier molecular flexibility index (Phi) is 3.99. The first-order valence-electron chi connectivity index (χ1n) is 6.03. The van der Waals surface area contributed by atoms with Crippen molar-refractivity contribution in [2.24, 2.45) is 5.92 Å². The SMILES string of the molecule is COCO[C@@H]1CC2CC(=O)C(C(=O)OC)[C@H]1N2C. The van der Waals surface area contributed by atoms with Crippen LogP contribution in [-0.2, 0) is 23.8 Å². The number of ether oxygens (including phenoxy) is 3. The van der Waals surface area contributed by atoms with Crippen LogP contribution in [0.25, 0.3) is 0 Å². The lowest BCUT2D eigenvalue weighted by Gasteiger charge is -2.35. The van der Waals surface area contributed by atoms with Crippen molar-refractivity contribution >= 4 is 11.8 Å². The summed E-state index contributed by atoms with van der Waals surface area (Å²) < 4.78 is 15.2. The fourth-order valence-corrected chi connectivity index (χ4v) is 3.03. The summed E-state index contributed by atoms with van der Waals surface area (Å²) in [4.78, 5) is 25.8. The molecule has 2 aliphatic heterocycles. The van der Waals surface area contributed by atoms with Crippen molar-refractivity contribution in [2.45, 2.75) is 31.0 Å². The second kappa shape index (κ2) is 5.34. The minimum Gasteiger partial charge on any atom is -0.468 e. The number of hydrogen-bond acceptors (Lipinski definition) is 6. The lowest BCUT2D eigenvalue weighted by Crippen LogP contribution is -2.53. The zero-order valence-electron chi connectivity index (χ0n) is 10.9. The van der Waals surface area contributed by atoms with Crippen LogP contribution < -0.4 is 0 Å². The molecule has 6 nitrogen and oxygen atoms in total. The first-order valence-corrected chi connectivity index (χ1v) is 6.03. The number of Topliss-reactive ketones (excluding diaryl/α,β-unsaturated/α-hetero) is 1. The van der Waals surface area contributed by atoms with Crippen molar-refractivity contribution in [3.05, 3.63) is 0 Å². The Morgan fingerprint density at radius 2 is 2.17 bits per heavy atom. The van der Waals surface area contributed by atoms with Crippen molar-refractivity contribution in [1.29, 1.82) is 0 Å². The van der Waals surface area contributed by atoms with Gasteiger partial charge in [0.05, 0.1) is 19.3 Å². The van der Waals surface area contributed by atoms with Crippen LogP contribution >= 0.6 is 0 Å². The number of likely N-dealkylation sites (N-methyl/N-ethyl adjacent to an activating group) is 1. The molecule has 6 heteroatoms. The van der Waals surface area contributed by atoms with E-state index >= 15 is 0 Å². The third kappa shape index (κ3) is 2.15. The average Bonchev–Trinajstić information content (AvgIpc) is 2.56. The van der Waals surface area contributed by atoms with Crippen LogP contribution in [0.15, 0.2) is 0 Å². The van der Waals surface area contributed by atoms with Gasteiger partial charge in [0.15, 0.2) is 0 Å². The fraction of sp³-hybridized carbons (Fsp3) is 0.833. The summed E-state index contributed by atoms with van der Waals surface area (Å²) in [6, 6.07) is -0.0795. The van der Waals surface area contributed by atoms with Crippen molar-refractivity contribution in [3.63, 3.8) is 0 Å². The first-order chi connectivity index (χ1) is 8.60. The van der Waals surface area contributed by atoms with Crippen molar-refractivity contribution < 1.29 is 23.8 Å². The molecule has 0 N–H and O–H groups in total. The maximum Gasteiger partial charge on any atom is 0.317 e. The van der Waals surface area contributed by atoms with Crippen molar-refractivity contribution in [1.82, 2.24) is 4.90 Å². The van der Waals surface area contributed by atoms with Gasteiger partial charge in [-0.15, -0.1) is 0 Å². The number of carbonyl (C=O) groups is 2. The highest BCUT2D eigenvalue weighted by Crippen LogP contribution is 2.38. The van der Waals surface area contributed by atoms with Gasteiger partial charge in [0.2, 0.25) is 0 Å². The molecular weight excluding hydrogens is 238 g/mol. The van der Waals surface area contributed by atoms with E-state index in [0.717, 1.165) is 6.42 Å². The summed E-state index contributed by atoms with van der Waals surface area (Å²) in [5.41, 5.74) is 0. The van der Waals surface area contributed by atoms with Crippen LogP contribution in [0.1, 0.15) is 12.8 Å². The second-order valence-electron chi connectivity index (χ2n) is 4.83. The Labute approximate surface area is 106 Å². The first kappa shape index (κ1) is 13.5. The number of piperidine rings is 1. The third-order valence-electron chi connectivity index (χ3n) is 3.91. The zero-order valence-corrected chi connectivity index (χ0v) is 10.9. The number of fused-ring (bicyclic) bond motifs is 2. The van der Waals surface area contributed by atoms with Crippen LogP contribution in [-0.4, -0.2) is 62.9 Å². The quantitative estimate of drug-likeness (QED) is 0.395. The summed E-state index contributed by atoms with van der Waals surface area (Å²) >= 11 is 0. The second-order valence-corrected chi connectivity index (χ2v) is 4.83. The van der Waals surface area contributed by atoms with Crippen LogP contribution in [0.4, 0.5) is 0 Å². The normalized spacial score (nSPS) is 35.8. The standard InChI is InChI=1S/C12H19NO5/c1-13-7-4-8(14)10(12(15)17-3)11(13)9(5-7)18-6-16-2/h7,9-11H,4-6H2,1-3H3/t7?,9-,10?,11+/m1/s1. The maximum atomic E-state index is 12.0. The molecular formula is C12H19NO5. The van der Waals surface area contributed by atoms with Crippen molar-refractivity contribution in [2.75, 3.05) is 28.1 Å². The summed E-state index contributed by atoms with van der Waals surface area (Å²) in [6.45, 7) is 0.170. The molecule has 0 amide bonds. The lowest BCUT2D eigenvalue weighted by atomic mass is 9.88. The van der Waals surface area contributed by atoms with E-state index in [1.165, 1.54) is 7.11 Å². The molecule has 2 heterocycles.